The Morgan fingerprint density at radius 3 is 2.60 bits per heavy atom. The molecule has 0 atom stereocenters. The third-order valence-corrected chi connectivity index (χ3v) is 2.94. The Labute approximate surface area is 119 Å². The van der Waals surface area contributed by atoms with Crippen LogP contribution in [0.4, 0.5) is 5.69 Å². The molecule has 3 heteroatoms. The summed E-state index contributed by atoms with van der Waals surface area (Å²) < 4.78 is 5.48. The highest BCUT2D eigenvalue weighted by molar-refractivity contribution is 5.45. The van der Waals surface area contributed by atoms with Crippen molar-refractivity contribution >= 4 is 5.69 Å². The summed E-state index contributed by atoms with van der Waals surface area (Å²) in [5.74, 6) is 0.899. The maximum Gasteiger partial charge on any atom is 0.119 e. The summed E-state index contributed by atoms with van der Waals surface area (Å²) in [4.78, 5) is 0. The minimum Gasteiger partial charge on any atom is -0.494 e. The second-order valence-corrected chi connectivity index (χ2v) is 4.47. The summed E-state index contributed by atoms with van der Waals surface area (Å²) in [5, 5.41) is 12.0. The molecule has 0 unspecified atom stereocenters. The normalized spacial score (nSPS) is 9.80. The quantitative estimate of drug-likeness (QED) is 0.865. The van der Waals surface area contributed by atoms with Crippen molar-refractivity contribution in [3.63, 3.8) is 0 Å². The van der Waals surface area contributed by atoms with Crippen LogP contribution in [0.3, 0.4) is 0 Å². The van der Waals surface area contributed by atoms with E-state index in [1.54, 1.807) is 0 Å². The number of anilines is 1. The molecule has 102 valence electrons. The van der Waals surface area contributed by atoms with Crippen LogP contribution >= 0.6 is 0 Å². The molecule has 2 rings (SSSR count). The maximum atomic E-state index is 8.63. The van der Waals surface area contributed by atoms with Gasteiger partial charge in [0.15, 0.2) is 0 Å². The van der Waals surface area contributed by atoms with E-state index in [-0.39, 0.29) is 0 Å². The number of nitrogens with one attached hydrogen (secondary N) is 1. The molecule has 0 aromatic heterocycles. The Morgan fingerprint density at radius 2 is 1.90 bits per heavy atom. The molecular formula is C17H18N2O. The molecule has 0 amide bonds. The first-order valence-corrected chi connectivity index (χ1v) is 6.73. The number of rotatable bonds is 6. The van der Waals surface area contributed by atoms with E-state index in [0.29, 0.717) is 13.0 Å². The largest absolute Gasteiger partial charge is 0.494 e. The van der Waals surface area contributed by atoms with E-state index in [1.807, 2.05) is 49.4 Å². The molecule has 0 heterocycles. The third-order valence-electron chi connectivity index (χ3n) is 2.94. The van der Waals surface area contributed by atoms with Crippen LogP contribution in [0.2, 0.25) is 0 Å². The highest BCUT2D eigenvalue weighted by Gasteiger charge is 1.98. The summed E-state index contributed by atoms with van der Waals surface area (Å²) in [6, 6.07) is 18.2. The molecule has 3 nitrogen and oxygen atoms in total. The molecule has 0 fully saturated rings. The van der Waals surface area contributed by atoms with Gasteiger partial charge < -0.3 is 10.1 Å². The lowest BCUT2D eigenvalue weighted by Crippen LogP contribution is -2.00. The van der Waals surface area contributed by atoms with Crippen LogP contribution in [-0.4, -0.2) is 6.61 Å². The van der Waals surface area contributed by atoms with Crippen LogP contribution in [0.1, 0.15) is 18.1 Å². The van der Waals surface area contributed by atoms with Crippen LogP contribution in [0, 0.1) is 11.3 Å². The van der Waals surface area contributed by atoms with Crippen LogP contribution in [0.15, 0.2) is 48.5 Å². The van der Waals surface area contributed by atoms with E-state index in [0.717, 1.165) is 23.5 Å². The zero-order chi connectivity index (χ0) is 14.2. The predicted octanol–water partition coefficient (Wildman–Crippen LogP) is 3.76. The van der Waals surface area contributed by atoms with Gasteiger partial charge in [-0.25, -0.2) is 0 Å². The number of nitrogens with zero attached hydrogens (tertiary/aromatic N) is 1. The van der Waals surface area contributed by atoms with E-state index >= 15 is 0 Å². The van der Waals surface area contributed by atoms with Gasteiger partial charge in [-0.15, -0.1) is 0 Å². The van der Waals surface area contributed by atoms with Gasteiger partial charge in [0.2, 0.25) is 0 Å². The van der Waals surface area contributed by atoms with Crippen molar-refractivity contribution in [1.29, 1.82) is 5.26 Å². The van der Waals surface area contributed by atoms with Crippen LogP contribution in [-0.2, 0) is 13.0 Å². The van der Waals surface area contributed by atoms with Gasteiger partial charge in [0.25, 0.3) is 0 Å². The van der Waals surface area contributed by atoms with Crippen LogP contribution < -0.4 is 10.1 Å². The Hall–Kier alpha value is -2.47. The molecule has 0 aliphatic heterocycles. The zero-order valence-electron chi connectivity index (χ0n) is 11.6. The Morgan fingerprint density at radius 1 is 1.10 bits per heavy atom. The lowest BCUT2D eigenvalue weighted by Gasteiger charge is -2.09. The van der Waals surface area contributed by atoms with Gasteiger partial charge >= 0.3 is 0 Å². The topological polar surface area (TPSA) is 45.0 Å². The first kappa shape index (κ1) is 14.0. The highest BCUT2D eigenvalue weighted by atomic mass is 16.5. The predicted molar refractivity (Wildman–Crippen MR) is 80.7 cm³/mol. The molecule has 2 aromatic carbocycles. The first-order chi connectivity index (χ1) is 9.81. The second-order valence-electron chi connectivity index (χ2n) is 4.47. The van der Waals surface area contributed by atoms with Crippen molar-refractivity contribution in [2.45, 2.75) is 19.9 Å². The molecule has 0 spiro atoms. The molecule has 0 saturated heterocycles. The summed E-state index contributed by atoms with van der Waals surface area (Å²) >= 11 is 0. The van der Waals surface area contributed by atoms with Crippen LogP contribution in [0.5, 0.6) is 5.75 Å². The van der Waals surface area contributed by atoms with Crippen molar-refractivity contribution < 1.29 is 4.74 Å². The average molecular weight is 266 g/mol. The minimum absolute atomic E-state index is 0.455. The summed E-state index contributed by atoms with van der Waals surface area (Å²) in [7, 11) is 0. The molecule has 0 aliphatic rings. The fraction of sp³-hybridized carbons (Fsp3) is 0.235. The fourth-order valence-electron chi connectivity index (χ4n) is 1.95. The van der Waals surface area contributed by atoms with Gasteiger partial charge in [0.05, 0.1) is 19.1 Å². The van der Waals surface area contributed by atoms with Crippen molar-refractivity contribution in [2.75, 3.05) is 11.9 Å². The molecule has 0 bridgehead atoms. The summed E-state index contributed by atoms with van der Waals surface area (Å²) in [6.45, 7) is 3.41. The van der Waals surface area contributed by atoms with Gasteiger partial charge in [-0.2, -0.15) is 5.26 Å². The van der Waals surface area contributed by atoms with E-state index in [9.17, 15) is 0 Å². The molecule has 0 radical (unpaired) electrons. The molecule has 0 saturated carbocycles. The lowest BCUT2D eigenvalue weighted by molar-refractivity contribution is 0.340. The van der Waals surface area contributed by atoms with E-state index in [2.05, 4.69) is 17.5 Å². The lowest BCUT2D eigenvalue weighted by atomic mass is 10.1. The SMILES string of the molecule is CCOc1cccc(CNc2ccc(CC#N)cc2)c1. The van der Waals surface area contributed by atoms with Gasteiger partial charge in [0, 0.05) is 12.2 Å². The Kier molecular flexibility index (Phi) is 5.02. The Bertz CT molecular complexity index is 585. The smallest absolute Gasteiger partial charge is 0.119 e. The van der Waals surface area contributed by atoms with Crippen LogP contribution in [0.25, 0.3) is 0 Å². The van der Waals surface area contributed by atoms with Crippen molar-refractivity contribution in [3.05, 3.63) is 59.7 Å². The second kappa shape index (κ2) is 7.20. The van der Waals surface area contributed by atoms with Crippen molar-refractivity contribution in [3.8, 4) is 11.8 Å². The summed E-state index contributed by atoms with van der Waals surface area (Å²) in [5.41, 5.74) is 3.27. The van der Waals surface area contributed by atoms with E-state index in [1.165, 1.54) is 5.56 Å². The first-order valence-electron chi connectivity index (χ1n) is 6.73. The van der Waals surface area contributed by atoms with E-state index < -0.39 is 0 Å². The third kappa shape index (κ3) is 4.03. The molecule has 1 N–H and O–H groups in total. The number of hydrogen-bond acceptors (Lipinski definition) is 3. The molecule has 2 aromatic rings. The van der Waals surface area contributed by atoms with Crippen molar-refractivity contribution in [1.82, 2.24) is 0 Å². The van der Waals surface area contributed by atoms with Gasteiger partial charge in [-0.3, -0.25) is 0 Å². The average Bonchev–Trinajstić information content (AvgIpc) is 2.48. The van der Waals surface area contributed by atoms with Crippen molar-refractivity contribution in [2.24, 2.45) is 0 Å². The maximum absolute atomic E-state index is 8.63. The monoisotopic (exact) mass is 266 g/mol. The number of ether oxygens (including phenoxy) is 1. The number of benzene rings is 2. The standard InChI is InChI=1S/C17H18N2O/c1-2-20-17-5-3-4-15(12-17)13-19-16-8-6-14(7-9-16)10-11-18/h3-9,12,19H,2,10,13H2,1H3. The van der Waals surface area contributed by atoms with Gasteiger partial charge in [-0.1, -0.05) is 24.3 Å². The number of hydrogen-bond donors (Lipinski definition) is 1. The minimum atomic E-state index is 0.455. The fourth-order valence-corrected chi connectivity index (χ4v) is 1.95. The number of nitriles is 1. The molecule has 20 heavy (non-hydrogen) atoms. The summed E-state index contributed by atoms with van der Waals surface area (Å²) in [6.07, 6.45) is 0.455. The Balaban J connectivity index is 1.94. The van der Waals surface area contributed by atoms with Gasteiger partial charge in [0.1, 0.15) is 5.75 Å². The molecular weight excluding hydrogens is 248 g/mol. The van der Waals surface area contributed by atoms with Gasteiger partial charge in [-0.05, 0) is 42.3 Å². The highest BCUT2D eigenvalue weighted by Crippen LogP contribution is 2.15. The van der Waals surface area contributed by atoms with E-state index in [4.69, 9.17) is 10.00 Å². The molecule has 0 aliphatic carbocycles. The zero-order valence-corrected chi connectivity index (χ0v) is 11.6.